The van der Waals surface area contributed by atoms with Crippen molar-refractivity contribution in [3.05, 3.63) is 47.4 Å². The van der Waals surface area contributed by atoms with E-state index in [2.05, 4.69) is 10.2 Å². The van der Waals surface area contributed by atoms with Crippen molar-refractivity contribution in [1.29, 1.82) is 0 Å². The van der Waals surface area contributed by atoms with Gasteiger partial charge in [-0.3, -0.25) is 4.79 Å². The molecule has 1 saturated heterocycles. The van der Waals surface area contributed by atoms with Crippen LogP contribution in [-0.4, -0.2) is 47.2 Å². The third kappa shape index (κ3) is 4.07. The fourth-order valence-electron chi connectivity index (χ4n) is 2.80. The minimum absolute atomic E-state index is 0.0805. The molecule has 1 aromatic heterocycles. The largest absolute Gasteiger partial charge is 0.408 e. The highest BCUT2D eigenvalue weighted by atomic mass is 16.4. The third-order valence-electron chi connectivity index (χ3n) is 4.28. The van der Waals surface area contributed by atoms with E-state index < -0.39 is 0 Å². The molecule has 0 bridgehead atoms. The summed E-state index contributed by atoms with van der Waals surface area (Å²) in [4.78, 5) is 16.5. The van der Waals surface area contributed by atoms with Gasteiger partial charge in [0.05, 0.1) is 0 Å². The molecule has 1 amide bonds. The molecular formula is C19H24N4O2. The van der Waals surface area contributed by atoms with Gasteiger partial charge in [-0.25, -0.2) is 0 Å². The number of aromatic nitrogens is 2. The van der Waals surface area contributed by atoms with Crippen LogP contribution in [0.25, 0.3) is 6.08 Å². The summed E-state index contributed by atoms with van der Waals surface area (Å²) in [7, 11) is 0. The van der Waals surface area contributed by atoms with Gasteiger partial charge in [0.2, 0.25) is 11.8 Å². The Bertz CT molecular complexity index is 744. The van der Waals surface area contributed by atoms with E-state index in [1.807, 2.05) is 67.0 Å². The fourth-order valence-corrected chi connectivity index (χ4v) is 2.80. The summed E-state index contributed by atoms with van der Waals surface area (Å²) in [6.45, 7) is 8.62. The first-order valence-electron chi connectivity index (χ1n) is 8.65. The molecular weight excluding hydrogens is 316 g/mol. The van der Waals surface area contributed by atoms with Crippen molar-refractivity contribution < 1.29 is 9.21 Å². The van der Waals surface area contributed by atoms with Gasteiger partial charge in [0.1, 0.15) is 0 Å². The van der Waals surface area contributed by atoms with Crippen LogP contribution in [0.1, 0.15) is 38.1 Å². The van der Waals surface area contributed by atoms with E-state index >= 15 is 0 Å². The van der Waals surface area contributed by atoms with Crippen molar-refractivity contribution in [2.75, 3.05) is 31.1 Å². The summed E-state index contributed by atoms with van der Waals surface area (Å²) in [5.41, 5.74) is 1.79. The lowest BCUT2D eigenvalue weighted by Crippen LogP contribution is -2.49. The zero-order valence-corrected chi connectivity index (χ0v) is 15.0. The number of carbonyl (C=O) groups excluding carboxylic acids is 1. The van der Waals surface area contributed by atoms with Crippen molar-refractivity contribution in [2.24, 2.45) is 0 Å². The predicted molar refractivity (Wildman–Crippen MR) is 97.3 cm³/mol. The molecule has 6 nitrogen and oxygen atoms in total. The van der Waals surface area contributed by atoms with Gasteiger partial charge in [-0.1, -0.05) is 49.3 Å². The molecule has 1 aliphatic heterocycles. The smallest absolute Gasteiger partial charge is 0.318 e. The second-order valence-corrected chi connectivity index (χ2v) is 6.59. The van der Waals surface area contributed by atoms with Crippen LogP contribution in [0.5, 0.6) is 0 Å². The number of amides is 1. The number of hydrogen-bond donors (Lipinski definition) is 0. The highest BCUT2D eigenvalue weighted by molar-refractivity contribution is 5.97. The van der Waals surface area contributed by atoms with E-state index in [-0.39, 0.29) is 11.8 Å². The zero-order valence-electron chi connectivity index (χ0n) is 15.0. The van der Waals surface area contributed by atoms with Crippen molar-refractivity contribution in [1.82, 2.24) is 15.1 Å². The van der Waals surface area contributed by atoms with E-state index in [0.29, 0.717) is 38.1 Å². The number of hydrogen-bond acceptors (Lipinski definition) is 5. The van der Waals surface area contributed by atoms with Gasteiger partial charge in [-0.2, -0.15) is 0 Å². The number of rotatable bonds is 4. The van der Waals surface area contributed by atoms with Crippen LogP contribution in [0.4, 0.5) is 6.01 Å². The molecule has 0 spiro atoms. The van der Waals surface area contributed by atoms with E-state index in [4.69, 9.17) is 4.42 Å². The second kappa shape index (κ2) is 7.51. The Morgan fingerprint density at radius 1 is 1.12 bits per heavy atom. The zero-order chi connectivity index (χ0) is 17.8. The summed E-state index contributed by atoms with van der Waals surface area (Å²) in [5.74, 6) is 0.946. The van der Waals surface area contributed by atoms with Crippen molar-refractivity contribution in [3.8, 4) is 0 Å². The molecule has 1 aliphatic rings. The summed E-state index contributed by atoms with van der Waals surface area (Å²) in [6, 6.07) is 10.5. The molecule has 0 radical (unpaired) electrons. The van der Waals surface area contributed by atoms with Crippen molar-refractivity contribution in [3.63, 3.8) is 0 Å². The van der Waals surface area contributed by atoms with Gasteiger partial charge in [-0.15, -0.1) is 5.10 Å². The molecule has 25 heavy (non-hydrogen) atoms. The summed E-state index contributed by atoms with van der Waals surface area (Å²) in [6.07, 6.45) is 1.93. The van der Waals surface area contributed by atoms with Crippen LogP contribution < -0.4 is 4.90 Å². The quantitative estimate of drug-likeness (QED) is 0.801. The standard InChI is InChI=1S/C19H24N4O2/c1-14(2)17-20-21-19(25-17)23-11-9-22(10-12-23)18(24)15(3)13-16-7-5-4-6-8-16/h4-8,13-14H,9-12H2,1-3H3/b15-13+. The Balaban J connectivity index is 1.59. The molecule has 0 atom stereocenters. The van der Waals surface area contributed by atoms with Crippen LogP contribution >= 0.6 is 0 Å². The number of anilines is 1. The van der Waals surface area contributed by atoms with Crippen LogP contribution in [0.2, 0.25) is 0 Å². The van der Waals surface area contributed by atoms with Gasteiger partial charge in [-0.05, 0) is 18.6 Å². The molecule has 1 fully saturated rings. The van der Waals surface area contributed by atoms with Gasteiger partial charge in [0.25, 0.3) is 0 Å². The maximum atomic E-state index is 12.6. The molecule has 0 aliphatic carbocycles. The van der Waals surface area contributed by atoms with E-state index in [1.165, 1.54) is 0 Å². The summed E-state index contributed by atoms with van der Waals surface area (Å²) in [5, 5.41) is 8.19. The average molecular weight is 340 g/mol. The second-order valence-electron chi connectivity index (χ2n) is 6.59. The lowest BCUT2D eigenvalue weighted by Gasteiger charge is -2.33. The van der Waals surface area contributed by atoms with E-state index in [1.54, 1.807) is 0 Å². The van der Waals surface area contributed by atoms with Gasteiger partial charge >= 0.3 is 6.01 Å². The van der Waals surface area contributed by atoms with Crippen LogP contribution in [0, 0.1) is 0 Å². The molecule has 1 aromatic carbocycles. The van der Waals surface area contributed by atoms with Crippen molar-refractivity contribution >= 4 is 18.0 Å². The molecule has 132 valence electrons. The van der Waals surface area contributed by atoms with Crippen molar-refractivity contribution in [2.45, 2.75) is 26.7 Å². The Labute approximate surface area is 148 Å². The topological polar surface area (TPSA) is 62.5 Å². The molecule has 3 rings (SSSR count). The van der Waals surface area contributed by atoms with E-state index in [0.717, 1.165) is 11.1 Å². The van der Waals surface area contributed by atoms with Crippen LogP contribution in [0.3, 0.4) is 0 Å². The van der Waals surface area contributed by atoms with E-state index in [9.17, 15) is 4.79 Å². The lowest BCUT2D eigenvalue weighted by atomic mass is 10.1. The number of piperazine rings is 1. The molecule has 2 heterocycles. The maximum Gasteiger partial charge on any atom is 0.318 e. The Kier molecular flexibility index (Phi) is 5.16. The van der Waals surface area contributed by atoms with Crippen LogP contribution in [-0.2, 0) is 4.79 Å². The van der Waals surface area contributed by atoms with Gasteiger partial charge in [0.15, 0.2) is 0 Å². The summed E-state index contributed by atoms with van der Waals surface area (Å²) >= 11 is 0. The molecule has 0 unspecified atom stereocenters. The fraction of sp³-hybridized carbons (Fsp3) is 0.421. The molecule has 0 N–H and O–H groups in total. The molecule has 2 aromatic rings. The predicted octanol–water partition coefficient (Wildman–Crippen LogP) is 2.95. The Hall–Kier alpha value is -2.63. The van der Waals surface area contributed by atoms with Crippen LogP contribution in [0.15, 0.2) is 40.3 Å². The number of nitrogens with zero attached hydrogens (tertiary/aromatic N) is 4. The first kappa shape index (κ1) is 17.2. The first-order valence-corrected chi connectivity index (χ1v) is 8.65. The Morgan fingerprint density at radius 2 is 1.80 bits per heavy atom. The van der Waals surface area contributed by atoms with Gasteiger partial charge in [0, 0.05) is 37.7 Å². The molecule has 6 heteroatoms. The number of benzene rings is 1. The number of carbonyl (C=O) groups is 1. The highest BCUT2D eigenvalue weighted by Crippen LogP contribution is 2.20. The molecule has 0 saturated carbocycles. The normalized spacial score (nSPS) is 15.8. The average Bonchev–Trinajstić information content (AvgIpc) is 3.12. The third-order valence-corrected chi connectivity index (χ3v) is 4.28. The lowest BCUT2D eigenvalue weighted by molar-refractivity contribution is -0.127. The first-order chi connectivity index (χ1) is 12.0. The summed E-state index contributed by atoms with van der Waals surface area (Å²) < 4.78 is 5.70. The minimum Gasteiger partial charge on any atom is -0.408 e. The minimum atomic E-state index is 0.0805. The van der Waals surface area contributed by atoms with Gasteiger partial charge < -0.3 is 14.2 Å². The monoisotopic (exact) mass is 340 g/mol. The maximum absolute atomic E-state index is 12.6. The highest BCUT2D eigenvalue weighted by Gasteiger charge is 2.25. The Morgan fingerprint density at radius 3 is 2.40 bits per heavy atom. The SMILES string of the molecule is C/C(=C\c1ccccc1)C(=O)N1CCN(c2nnc(C(C)C)o2)CC1.